The Hall–Kier alpha value is -5.10. The Morgan fingerprint density at radius 3 is 1.56 bits per heavy atom. The standard InChI is InChI=1S/C33H28O6/c1-4-28(34)21-26-10-6-24(7-11-26)14-18-32(36)38-30-16-17-31(23(3)20-30)39-33(37)19-15-25-8-12-27(13-9-25)22-29(35)5-2/h4-20H,1-2,21-22H2,3H3/b18-14+,19-15+. The van der Waals surface area contributed by atoms with Crippen LogP contribution in [-0.4, -0.2) is 23.5 Å². The van der Waals surface area contributed by atoms with E-state index in [0.717, 1.165) is 22.3 Å². The van der Waals surface area contributed by atoms with Crippen LogP contribution in [0.3, 0.4) is 0 Å². The lowest BCUT2D eigenvalue weighted by molar-refractivity contribution is -0.130. The third-order valence-corrected chi connectivity index (χ3v) is 5.57. The highest BCUT2D eigenvalue weighted by molar-refractivity contribution is 5.92. The predicted octanol–water partition coefficient (Wildman–Crippen LogP) is 5.83. The molecule has 0 fully saturated rings. The summed E-state index contributed by atoms with van der Waals surface area (Å²) in [5.74, 6) is -0.588. The zero-order valence-electron chi connectivity index (χ0n) is 21.6. The molecule has 0 aliphatic carbocycles. The van der Waals surface area contributed by atoms with Crippen molar-refractivity contribution in [2.24, 2.45) is 0 Å². The molecule has 3 aromatic rings. The van der Waals surface area contributed by atoms with Crippen LogP contribution in [0.4, 0.5) is 0 Å². The molecule has 0 unspecified atom stereocenters. The second kappa shape index (κ2) is 14.0. The lowest BCUT2D eigenvalue weighted by Gasteiger charge is -2.08. The SMILES string of the molecule is C=CC(=O)Cc1ccc(/C=C/C(=O)Oc2ccc(OC(=O)/C=C/c3ccc(CC(=O)C=C)cc3)c(C)c2)cc1. The van der Waals surface area contributed by atoms with Crippen LogP contribution in [-0.2, 0) is 32.0 Å². The summed E-state index contributed by atoms with van der Waals surface area (Å²) >= 11 is 0. The molecule has 0 aromatic heterocycles. The van der Waals surface area contributed by atoms with Crippen LogP contribution in [0.5, 0.6) is 11.5 Å². The van der Waals surface area contributed by atoms with Gasteiger partial charge in [-0.2, -0.15) is 0 Å². The molecular formula is C33H28O6. The van der Waals surface area contributed by atoms with E-state index < -0.39 is 11.9 Å². The van der Waals surface area contributed by atoms with Gasteiger partial charge < -0.3 is 9.47 Å². The number of benzene rings is 3. The summed E-state index contributed by atoms with van der Waals surface area (Å²) < 4.78 is 10.8. The van der Waals surface area contributed by atoms with E-state index in [2.05, 4.69) is 13.2 Å². The van der Waals surface area contributed by atoms with Crippen molar-refractivity contribution in [2.45, 2.75) is 19.8 Å². The second-order valence-corrected chi connectivity index (χ2v) is 8.61. The van der Waals surface area contributed by atoms with Gasteiger partial charge in [-0.15, -0.1) is 0 Å². The predicted molar refractivity (Wildman–Crippen MR) is 151 cm³/mol. The van der Waals surface area contributed by atoms with Gasteiger partial charge in [0.1, 0.15) is 11.5 Å². The zero-order chi connectivity index (χ0) is 28.2. The number of esters is 2. The molecule has 6 nitrogen and oxygen atoms in total. The van der Waals surface area contributed by atoms with Crippen molar-refractivity contribution in [2.75, 3.05) is 0 Å². The first kappa shape index (κ1) is 28.5. The van der Waals surface area contributed by atoms with Crippen LogP contribution in [0.1, 0.15) is 27.8 Å². The lowest BCUT2D eigenvalue weighted by atomic mass is 10.1. The summed E-state index contributed by atoms with van der Waals surface area (Å²) in [5, 5.41) is 0. The van der Waals surface area contributed by atoms with Gasteiger partial charge in [0.25, 0.3) is 0 Å². The highest BCUT2D eigenvalue weighted by Gasteiger charge is 2.08. The topological polar surface area (TPSA) is 86.7 Å². The molecule has 196 valence electrons. The molecule has 0 heterocycles. The molecule has 0 saturated heterocycles. The van der Waals surface area contributed by atoms with Crippen LogP contribution in [0.2, 0.25) is 0 Å². The lowest BCUT2D eigenvalue weighted by Crippen LogP contribution is -2.06. The van der Waals surface area contributed by atoms with Crippen LogP contribution in [0.15, 0.2) is 104 Å². The van der Waals surface area contributed by atoms with Crippen molar-refractivity contribution in [3.8, 4) is 11.5 Å². The third kappa shape index (κ3) is 9.37. The minimum absolute atomic E-state index is 0.0594. The average Bonchev–Trinajstić information content (AvgIpc) is 2.93. The van der Waals surface area contributed by atoms with Crippen molar-refractivity contribution >= 4 is 35.7 Å². The number of carbonyl (C=O) groups excluding carboxylic acids is 4. The van der Waals surface area contributed by atoms with E-state index >= 15 is 0 Å². The molecular weight excluding hydrogens is 492 g/mol. The van der Waals surface area contributed by atoms with Gasteiger partial charge in [-0.1, -0.05) is 61.7 Å². The minimum atomic E-state index is -0.562. The number of hydrogen-bond acceptors (Lipinski definition) is 6. The van der Waals surface area contributed by atoms with Gasteiger partial charge in [-0.05, 0) is 77.2 Å². The number of ketones is 2. The van der Waals surface area contributed by atoms with Gasteiger partial charge in [-0.25, -0.2) is 9.59 Å². The fourth-order valence-electron chi connectivity index (χ4n) is 3.46. The van der Waals surface area contributed by atoms with E-state index in [1.54, 1.807) is 61.5 Å². The average molecular weight is 521 g/mol. The fourth-order valence-corrected chi connectivity index (χ4v) is 3.46. The number of rotatable bonds is 12. The molecule has 0 atom stereocenters. The third-order valence-electron chi connectivity index (χ3n) is 5.57. The van der Waals surface area contributed by atoms with E-state index in [-0.39, 0.29) is 24.4 Å². The molecule has 0 bridgehead atoms. The van der Waals surface area contributed by atoms with Crippen molar-refractivity contribution in [1.29, 1.82) is 0 Å². The highest BCUT2D eigenvalue weighted by atomic mass is 16.5. The zero-order valence-corrected chi connectivity index (χ0v) is 21.6. The Balaban J connectivity index is 1.52. The van der Waals surface area contributed by atoms with E-state index in [1.807, 2.05) is 24.3 Å². The summed E-state index contributed by atoms with van der Waals surface area (Å²) in [6.45, 7) is 8.66. The molecule has 39 heavy (non-hydrogen) atoms. The maximum Gasteiger partial charge on any atom is 0.336 e. The van der Waals surface area contributed by atoms with Crippen molar-refractivity contribution < 1.29 is 28.7 Å². The highest BCUT2D eigenvalue weighted by Crippen LogP contribution is 2.24. The molecule has 0 radical (unpaired) electrons. The van der Waals surface area contributed by atoms with Crippen molar-refractivity contribution in [3.05, 3.63) is 132 Å². The Labute approximate surface area is 227 Å². The van der Waals surface area contributed by atoms with Crippen molar-refractivity contribution in [3.63, 3.8) is 0 Å². The molecule has 3 aromatic carbocycles. The van der Waals surface area contributed by atoms with Crippen LogP contribution in [0, 0.1) is 6.92 Å². The molecule has 3 rings (SSSR count). The van der Waals surface area contributed by atoms with Crippen LogP contribution < -0.4 is 9.47 Å². The van der Waals surface area contributed by atoms with Gasteiger partial charge in [0.05, 0.1) is 0 Å². The summed E-state index contributed by atoms with van der Waals surface area (Å²) in [4.78, 5) is 47.4. The molecule has 6 heteroatoms. The van der Waals surface area contributed by atoms with Gasteiger partial charge in [0, 0.05) is 25.0 Å². The number of allylic oxidation sites excluding steroid dienone is 2. The molecule has 0 aliphatic heterocycles. The van der Waals surface area contributed by atoms with E-state index in [4.69, 9.17) is 9.47 Å². The van der Waals surface area contributed by atoms with Gasteiger partial charge in [-0.3, -0.25) is 9.59 Å². The van der Waals surface area contributed by atoms with Gasteiger partial charge >= 0.3 is 11.9 Å². The molecule has 0 amide bonds. The quantitative estimate of drug-likeness (QED) is 0.170. The first-order chi connectivity index (χ1) is 18.7. The number of ether oxygens (including phenoxy) is 2. The first-order valence-corrected chi connectivity index (χ1v) is 12.1. The Bertz CT molecular complexity index is 1440. The second-order valence-electron chi connectivity index (χ2n) is 8.61. The summed E-state index contributed by atoms with van der Waals surface area (Å²) in [7, 11) is 0. The molecule has 0 spiro atoms. The summed E-state index contributed by atoms with van der Waals surface area (Å²) in [5.41, 5.74) is 3.91. The largest absolute Gasteiger partial charge is 0.423 e. The summed E-state index contributed by atoms with van der Waals surface area (Å²) in [6.07, 6.45) is 9.00. The van der Waals surface area contributed by atoms with Crippen LogP contribution in [0.25, 0.3) is 12.2 Å². The van der Waals surface area contributed by atoms with E-state index in [1.165, 1.54) is 24.3 Å². The maximum atomic E-state index is 12.3. The Morgan fingerprint density at radius 1 is 0.667 bits per heavy atom. The monoisotopic (exact) mass is 520 g/mol. The Morgan fingerprint density at radius 2 is 1.13 bits per heavy atom. The summed E-state index contributed by atoms with van der Waals surface area (Å²) in [6, 6.07) is 19.2. The van der Waals surface area contributed by atoms with Gasteiger partial charge in [0.15, 0.2) is 11.6 Å². The fraction of sp³-hybridized carbons (Fsp3) is 0.0909. The number of carbonyl (C=O) groups is 4. The molecule has 0 N–H and O–H groups in total. The molecule has 0 saturated carbocycles. The van der Waals surface area contributed by atoms with E-state index in [9.17, 15) is 19.2 Å². The normalized spacial score (nSPS) is 10.8. The number of aryl methyl sites for hydroxylation is 1. The Kier molecular flexibility index (Phi) is 10.2. The number of hydrogen-bond donors (Lipinski definition) is 0. The molecule has 0 aliphatic rings. The minimum Gasteiger partial charge on any atom is -0.423 e. The first-order valence-electron chi connectivity index (χ1n) is 12.1. The maximum absolute atomic E-state index is 12.3. The smallest absolute Gasteiger partial charge is 0.336 e. The van der Waals surface area contributed by atoms with Crippen LogP contribution >= 0.6 is 0 Å². The van der Waals surface area contributed by atoms with Gasteiger partial charge in [0.2, 0.25) is 0 Å². The van der Waals surface area contributed by atoms with E-state index in [0.29, 0.717) is 17.1 Å². The van der Waals surface area contributed by atoms with Crippen molar-refractivity contribution in [1.82, 2.24) is 0 Å².